The molecule has 0 bridgehead atoms. The van der Waals surface area contributed by atoms with Crippen LogP contribution in [0.1, 0.15) is 86.0 Å². The molecule has 0 saturated carbocycles. The minimum absolute atomic E-state index is 0.0131. The number of hydroxylamine groups is 2. The molecule has 6 heteroatoms. The van der Waals surface area contributed by atoms with Gasteiger partial charge in [0, 0.05) is 24.2 Å². The Morgan fingerprint density at radius 3 is 1.93 bits per heavy atom. The van der Waals surface area contributed by atoms with Gasteiger partial charge in [-0.25, -0.2) is 9.34 Å². The van der Waals surface area contributed by atoms with Crippen LogP contribution in [-0.4, -0.2) is 65.4 Å². The molecule has 0 aliphatic carbocycles. The van der Waals surface area contributed by atoms with Crippen LogP contribution in [0, 0.1) is 0 Å². The van der Waals surface area contributed by atoms with E-state index in [-0.39, 0.29) is 17.2 Å². The fourth-order valence-corrected chi connectivity index (χ4v) is 6.43. The molecule has 0 aromatic rings. The molecule has 2 rings (SSSR count). The first-order valence-electron chi connectivity index (χ1n) is 11.0. The van der Waals surface area contributed by atoms with Gasteiger partial charge in [0.1, 0.15) is 0 Å². The summed E-state index contributed by atoms with van der Waals surface area (Å²) in [5.74, 6) is 0. The van der Waals surface area contributed by atoms with E-state index in [9.17, 15) is 0 Å². The van der Waals surface area contributed by atoms with Crippen molar-refractivity contribution in [3.8, 4) is 0 Å². The highest BCUT2D eigenvalue weighted by molar-refractivity contribution is 7.47. The molecule has 0 amide bonds. The third kappa shape index (κ3) is 6.62. The van der Waals surface area contributed by atoms with Gasteiger partial charge in [-0.15, -0.1) is 0 Å². The molecule has 0 unspecified atom stereocenters. The summed E-state index contributed by atoms with van der Waals surface area (Å²) < 4.78 is 11.4. The molecule has 0 aromatic carbocycles. The highest BCUT2D eigenvalue weighted by Gasteiger charge is 2.48. The zero-order chi connectivity index (χ0) is 20.1. The predicted octanol–water partition coefficient (Wildman–Crippen LogP) is 5.42. The minimum Gasteiger partial charge on any atom is -0.328 e. The highest BCUT2D eigenvalue weighted by atomic mass is 31.2. The van der Waals surface area contributed by atoms with E-state index in [2.05, 4.69) is 63.1 Å². The second-order valence-corrected chi connectivity index (χ2v) is 11.8. The monoisotopic (exact) mass is 401 g/mol. The topological polar surface area (TPSA) is 28.2 Å². The van der Waals surface area contributed by atoms with Crippen molar-refractivity contribution >= 4 is 8.45 Å². The van der Waals surface area contributed by atoms with Crippen molar-refractivity contribution in [3.05, 3.63) is 0 Å². The molecule has 0 spiro atoms. The maximum Gasteiger partial charge on any atom is 0.187 e. The molecule has 0 N–H and O–H groups in total. The number of hydrogen-bond acceptors (Lipinski definition) is 5. The van der Waals surface area contributed by atoms with Crippen molar-refractivity contribution < 1.29 is 9.36 Å². The largest absolute Gasteiger partial charge is 0.328 e. The van der Waals surface area contributed by atoms with Crippen LogP contribution >= 0.6 is 8.45 Å². The lowest BCUT2D eigenvalue weighted by atomic mass is 9.80. The van der Waals surface area contributed by atoms with Gasteiger partial charge in [0.15, 0.2) is 8.45 Å². The van der Waals surface area contributed by atoms with Gasteiger partial charge < -0.3 is 4.52 Å². The molecule has 0 aromatic heterocycles. The number of nitrogens with zero attached hydrogens (tertiary/aromatic N) is 3. The van der Waals surface area contributed by atoms with E-state index < -0.39 is 8.45 Å². The Hall–Kier alpha value is 0.230. The maximum absolute atomic E-state index is 6.61. The number of rotatable bonds is 10. The summed E-state index contributed by atoms with van der Waals surface area (Å²) >= 11 is 0. The number of likely N-dealkylation sites (N-methyl/N-ethyl adjacent to an activating group) is 2. The van der Waals surface area contributed by atoms with Crippen LogP contribution in [-0.2, 0) is 9.36 Å². The van der Waals surface area contributed by atoms with Crippen LogP contribution in [0.15, 0.2) is 0 Å². The molecule has 2 heterocycles. The van der Waals surface area contributed by atoms with Crippen molar-refractivity contribution in [2.24, 2.45) is 0 Å². The van der Waals surface area contributed by atoms with Gasteiger partial charge in [-0.1, -0.05) is 39.0 Å². The molecule has 2 fully saturated rings. The van der Waals surface area contributed by atoms with Crippen LogP contribution in [0.2, 0.25) is 0 Å². The van der Waals surface area contributed by atoms with Gasteiger partial charge in [0.2, 0.25) is 0 Å². The zero-order valence-electron chi connectivity index (χ0n) is 19.0. The molecule has 0 radical (unpaired) electrons. The molecule has 2 aliphatic rings. The quantitative estimate of drug-likeness (QED) is 0.360. The standard InChI is InChI=1S/C21H44N3O2P/c1-8-9-10-11-12-13-16-25-24-20(2,3)17-19(18-21(24,4)5)26-27-22(6)14-15-23(27)7/h19H,8-18H2,1-7H3. The van der Waals surface area contributed by atoms with E-state index in [0.717, 1.165) is 39.0 Å². The van der Waals surface area contributed by atoms with Crippen LogP contribution in [0.5, 0.6) is 0 Å². The second-order valence-electron chi connectivity index (χ2n) is 9.67. The molecule has 27 heavy (non-hydrogen) atoms. The van der Waals surface area contributed by atoms with E-state index >= 15 is 0 Å². The average molecular weight is 402 g/mol. The normalized spacial score (nSPS) is 25.4. The Kier molecular flexibility index (Phi) is 8.98. The summed E-state index contributed by atoms with van der Waals surface area (Å²) in [6.45, 7) is 14.5. The van der Waals surface area contributed by atoms with Crippen molar-refractivity contribution in [2.75, 3.05) is 33.8 Å². The number of unbranched alkanes of at least 4 members (excludes halogenated alkanes) is 5. The van der Waals surface area contributed by atoms with Gasteiger partial charge in [-0.2, -0.15) is 5.06 Å². The lowest BCUT2D eigenvalue weighted by Gasteiger charge is -2.54. The Labute approximate surface area is 169 Å². The SMILES string of the molecule is CCCCCCCCON1C(C)(C)CC(OP2N(C)CCN2C)CC1(C)C. The molecule has 5 nitrogen and oxygen atoms in total. The van der Waals surface area contributed by atoms with Crippen molar-refractivity contribution in [3.63, 3.8) is 0 Å². The van der Waals surface area contributed by atoms with Gasteiger partial charge in [-0.05, 0) is 61.1 Å². The second kappa shape index (κ2) is 10.3. The van der Waals surface area contributed by atoms with E-state index in [1.807, 2.05) is 0 Å². The van der Waals surface area contributed by atoms with Crippen LogP contribution < -0.4 is 0 Å². The summed E-state index contributed by atoms with van der Waals surface area (Å²) in [5, 5.41) is 2.28. The van der Waals surface area contributed by atoms with Crippen LogP contribution in [0.4, 0.5) is 0 Å². The Bertz CT molecular complexity index is 419. The van der Waals surface area contributed by atoms with E-state index in [0.29, 0.717) is 0 Å². The Balaban J connectivity index is 1.84. The van der Waals surface area contributed by atoms with Crippen LogP contribution in [0.25, 0.3) is 0 Å². The fourth-order valence-electron chi connectivity index (χ4n) is 4.65. The first-order chi connectivity index (χ1) is 12.7. The smallest absolute Gasteiger partial charge is 0.187 e. The lowest BCUT2D eigenvalue weighted by molar-refractivity contribution is -0.290. The summed E-state index contributed by atoms with van der Waals surface area (Å²) in [5.41, 5.74) is -0.0261. The summed E-state index contributed by atoms with van der Waals surface area (Å²) in [7, 11) is 3.77. The Morgan fingerprint density at radius 1 is 0.852 bits per heavy atom. The van der Waals surface area contributed by atoms with Gasteiger partial charge in [0.25, 0.3) is 0 Å². The molecule has 160 valence electrons. The van der Waals surface area contributed by atoms with Crippen molar-refractivity contribution in [1.82, 2.24) is 14.4 Å². The molecule has 2 saturated heterocycles. The lowest BCUT2D eigenvalue weighted by Crippen LogP contribution is -2.61. The van der Waals surface area contributed by atoms with E-state index in [4.69, 9.17) is 9.36 Å². The average Bonchev–Trinajstić information content (AvgIpc) is 2.87. The number of piperidine rings is 1. The summed E-state index contributed by atoms with van der Waals surface area (Å²) in [4.78, 5) is 6.34. The summed E-state index contributed by atoms with van der Waals surface area (Å²) in [6, 6.07) is 0. The first-order valence-corrected chi connectivity index (χ1v) is 12.2. The Morgan fingerprint density at radius 2 is 1.37 bits per heavy atom. The van der Waals surface area contributed by atoms with Gasteiger partial charge in [-0.3, -0.25) is 4.84 Å². The first kappa shape index (κ1) is 23.5. The molecule has 0 atom stereocenters. The minimum atomic E-state index is -0.601. The van der Waals surface area contributed by atoms with Gasteiger partial charge >= 0.3 is 0 Å². The van der Waals surface area contributed by atoms with Crippen molar-refractivity contribution in [2.45, 2.75) is 103 Å². The highest BCUT2D eigenvalue weighted by Crippen LogP contribution is 2.51. The third-order valence-electron chi connectivity index (χ3n) is 5.85. The molecular weight excluding hydrogens is 357 g/mol. The summed E-state index contributed by atoms with van der Waals surface area (Å²) in [6.07, 6.45) is 10.1. The third-order valence-corrected chi connectivity index (χ3v) is 7.90. The number of hydrogen-bond donors (Lipinski definition) is 0. The molecule has 2 aliphatic heterocycles. The van der Waals surface area contributed by atoms with E-state index in [1.54, 1.807) is 0 Å². The fraction of sp³-hybridized carbons (Fsp3) is 1.00. The van der Waals surface area contributed by atoms with Gasteiger partial charge in [0.05, 0.1) is 12.7 Å². The zero-order valence-corrected chi connectivity index (χ0v) is 19.9. The van der Waals surface area contributed by atoms with Crippen LogP contribution in [0.3, 0.4) is 0 Å². The van der Waals surface area contributed by atoms with E-state index in [1.165, 1.54) is 32.1 Å². The molecular formula is C21H44N3O2P. The van der Waals surface area contributed by atoms with Crippen molar-refractivity contribution in [1.29, 1.82) is 0 Å². The predicted molar refractivity (Wildman–Crippen MR) is 116 cm³/mol. The maximum atomic E-state index is 6.61.